The molecule has 0 aliphatic carbocycles. The lowest BCUT2D eigenvalue weighted by molar-refractivity contribution is -0.509. The van der Waals surface area contributed by atoms with Crippen molar-refractivity contribution in [2.45, 2.75) is 176 Å². The second kappa shape index (κ2) is 50.4. The summed E-state index contributed by atoms with van der Waals surface area (Å²) in [5.74, 6) is -1.49. The molecule has 0 aromatic heterocycles. The van der Waals surface area contributed by atoms with Crippen LogP contribution >= 0.6 is 0 Å². The van der Waals surface area contributed by atoms with E-state index in [4.69, 9.17) is 15.9 Å². The molecule has 0 bridgehead atoms. The molecule has 9 heteroatoms. The summed E-state index contributed by atoms with van der Waals surface area (Å²) in [5.41, 5.74) is 5.45. The normalized spacial score (nSPS) is 10.1. The van der Waals surface area contributed by atoms with Gasteiger partial charge in [-0.1, -0.05) is 148 Å². The monoisotopic (exact) mass is 623 g/mol. The summed E-state index contributed by atoms with van der Waals surface area (Å²) in [6.07, 6.45) is 29.4. The number of carbonyl (C=O) groups is 2. The van der Waals surface area contributed by atoms with Gasteiger partial charge in [0.1, 0.15) is 0 Å². The van der Waals surface area contributed by atoms with Crippen molar-refractivity contribution < 1.29 is 34.6 Å². The fourth-order valence-corrected chi connectivity index (χ4v) is 3.86. The Kier molecular flexibility index (Phi) is 57.0. The van der Waals surface area contributed by atoms with Gasteiger partial charge in [0.2, 0.25) is 0 Å². The molecule has 0 saturated carbocycles. The van der Waals surface area contributed by atoms with Crippen molar-refractivity contribution in [1.82, 2.24) is 5.32 Å². The van der Waals surface area contributed by atoms with Gasteiger partial charge in [-0.05, 0) is 26.8 Å². The SMILES string of the molecule is CCC(=O)O.CCC(=O)O.CCCCCCCCCCCCCCCCCCCCCCNCCN.CCOOOCC. The van der Waals surface area contributed by atoms with E-state index in [0.717, 1.165) is 19.6 Å². The van der Waals surface area contributed by atoms with Crippen LogP contribution in [0.25, 0.3) is 0 Å². The van der Waals surface area contributed by atoms with E-state index in [-0.39, 0.29) is 12.8 Å². The Morgan fingerprint density at radius 3 is 1.02 bits per heavy atom. The largest absolute Gasteiger partial charge is 0.481 e. The van der Waals surface area contributed by atoms with E-state index in [1.54, 1.807) is 13.8 Å². The Bertz CT molecular complexity index is 455. The minimum Gasteiger partial charge on any atom is -0.481 e. The van der Waals surface area contributed by atoms with Crippen molar-refractivity contribution >= 4 is 11.9 Å². The number of aliphatic carboxylic acids is 2. The van der Waals surface area contributed by atoms with Crippen LogP contribution in [-0.2, 0) is 24.4 Å². The molecule has 0 aromatic carbocycles. The van der Waals surface area contributed by atoms with Crippen LogP contribution in [0.1, 0.15) is 176 Å². The topological polar surface area (TPSA) is 140 Å². The molecule has 0 amide bonds. The van der Waals surface area contributed by atoms with Gasteiger partial charge in [0.15, 0.2) is 0 Å². The predicted molar refractivity (Wildman–Crippen MR) is 180 cm³/mol. The highest BCUT2D eigenvalue weighted by atomic mass is 17.5. The highest BCUT2D eigenvalue weighted by Gasteiger charge is 1.95. The molecule has 0 rings (SSSR count). The Labute approximate surface area is 266 Å². The fraction of sp³-hybridized carbons (Fsp3) is 0.941. The lowest BCUT2D eigenvalue weighted by Gasteiger charge is -2.04. The summed E-state index contributed by atoms with van der Waals surface area (Å²) in [6.45, 7) is 13.0. The average molecular weight is 623 g/mol. The van der Waals surface area contributed by atoms with Crippen molar-refractivity contribution in [3.63, 3.8) is 0 Å². The van der Waals surface area contributed by atoms with Gasteiger partial charge in [0.25, 0.3) is 0 Å². The average Bonchev–Trinajstić information content (AvgIpc) is 3.01. The molecule has 0 heterocycles. The summed E-state index contributed by atoms with van der Waals surface area (Å²) in [6, 6.07) is 0. The first-order chi connectivity index (χ1) is 20.9. The van der Waals surface area contributed by atoms with E-state index >= 15 is 0 Å². The summed E-state index contributed by atoms with van der Waals surface area (Å²) in [4.78, 5) is 27.4. The Morgan fingerprint density at radius 1 is 0.512 bits per heavy atom. The molecule has 0 aliphatic rings. The first-order valence-corrected chi connectivity index (χ1v) is 17.6. The van der Waals surface area contributed by atoms with Crippen molar-refractivity contribution in [3.8, 4) is 0 Å². The molecule has 0 aliphatic heterocycles. The molecule has 0 radical (unpaired) electrons. The van der Waals surface area contributed by atoms with E-state index in [2.05, 4.69) is 27.1 Å². The molecule has 0 aromatic rings. The first-order valence-electron chi connectivity index (χ1n) is 17.6. The molecule has 9 nitrogen and oxygen atoms in total. The lowest BCUT2D eigenvalue weighted by Crippen LogP contribution is -2.23. The third-order valence-corrected chi connectivity index (χ3v) is 6.47. The summed E-state index contributed by atoms with van der Waals surface area (Å²) in [5, 5.41) is 22.9. The summed E-state index contributed by atoms with van der Waals surface area (Å²) < 4.78 is 0. The highest BCUT2D eigenvalue weighted by Crippen LogP contribution is 2.14. The first kappa shape index (κ1) is 48.6. The second-order valence-corrected chi connectivity index (χ2v) is 10.6. The van der Waals surface area contributed by atoms with E-state index < -0.39 is 11.9 Å². The molecule has 0 atom stereocenters. The van der Waals surface area contributed by atoms with Crippen LogP contribution in [0.15, 0.2) is 0 Å². The highest BCUT2D eigenvalue weighted by molar-refractivity contribution is 5.66. The van der Waals surface area contributed by atoms with Gasteiger partial charge >= 0.3 is 11.9 Å². The van der Waals surface area contributed by atoms with Crippen molar-refractivity contribution in [1.29, 1.82) is 0 Å². The zero-order valence-corrected chi connectivity index (χ0v) is 29.1. The van der Waals surface area contributed by atoms with E-state index in [1.807, 2.05) is 13.8 Å². The van der Waals surface area contributed by atoms with Gasteiger partial charge in [-0.3, -0.25) is 9.59 Å². The maximum absolute atomic E-state index is 9.37. The zero-order valence-electron chi connectivity index (χ0n) is 29.1. The number of carboxylic acids is 2. The van der Waals surface area contributed by atoms with Crippen LogP contribution in [0.2, 0.25) is 0 Å². The van der Waals surface area contributed by atoms with Crippen LogP contribution in [0.3, 0.4) is 0 Å². The second-order valence-electron chi connectivity index (χ2n) is 10.6. The van der Waals surface area contributed by atoms with Gasteiger partial charge in [0, 0.05) is 25.9 Å². The third kappa shape index (κ3) is 69.1. The Morgan fingerprint density at radius 2 is 0.791 bits per heavy atom. The number of hydrogen-bond acceptors (Lipinski definition) is 7. The number of nitrogens with one attached hydrogen (secondary N) is 1. The van der Waals surface area contributed by atoms with Gasteiger partial charge in [-0.15, -0.1) is 0 Å². The van der Waals surface area contributed by atoms with E-state index in [9.17, 15) is 9.59 Å². The quantitative estimate of drug-likeness (QED) is 0.0365. The molecule has 5 N–H and O–H groups in total. The third-order valence-electron chi connectivity index (χ3n) is 6.47. The minimum atomic E-state index is -0.745. The zero-order chi connectivity index (χ0) is 33.1. The van der Waals surface area contributed by atoms with Crippen LogP contribution in [0.5, 0.6) is 0 Å². The van der Waals surface area contributed by atoms with Gasteiger partial charge < -0.3 is 21.3 Å². The van der Waals surface area contributed by atoms with Gasteiger partial charge in [-0.2, -0.15) is 0 Å². The number of rotatable bonds is 29. The standard InChI is InChI=1S/C24H52N2.C4H10O3.2C3H6O2/c1-2-3-4-5-6-7-8-9-10-11-12-13-14-15-16-17-18-19-20-21-23-26-24-22-25;1-3-5-7-6-4-2;2*1-2-3(4)5/h26H,2-25H2,1H3;3-4H2,1-2H3;2*2H2,1H3,(H,4,5). The maximum Gasteiger partial charge on any atom is 0.303 e. The molecule has 0 saturated heterocycles. The van der Waals surface area contributed by atoms with Crippen molar-refractivity contribution in [3.05, 3.63) is 0 Å². The molecular formula is C34H74N2O7. The van der Waals surface area contributed by atoms with Gasteiger partial charge in [0.05, 0.1) is 13.2 Å². The number of unbranched alkanes of at least 4 members (excludes halogenated alkanes) is 19. The van der Waals surface area contributed by atoms with Gasteiger partial charge in [-0.25, -0.2) is 9.78 Å². The Balaban J connectivity index is -0.000000360. The van der Waals surface area contributed by atoms with Crippen LogP contribution < -0.4 is 11.1 Å². The molecule has 43 heavy (non-hydrogen) atoms. The van der Waals surface area contributed by atoms with Crippen LogP contribution in [0, 0.1) is 0 Å². The molecule has 0 spiro atoms. The molecule has 262 valence electrons. The smallest absolute Gasteiger partial charge is 0.303 e. The minimum absolute atomic E-state index is 0.222. The fourth-order valence-electron chi connectivity index (χ4n) is 3.86. The number of nitrogens with two attached hydrogens (primary N) is 1. The summed E-state index contributed by atoms with van der Waals surface area (Å²) >= 11 is 0. The molecule has 0 unspecified atom stereocenters. The number of hydrogen-bond donors (Lipinski definition) is 4. The molecule has 0 fully saturated rings. The predicted octanol–water partition coefficient (Wildman–Crippen LogP) is 9.22. The van der Waals surface area contributed by atoms with Crippen LogP contribution in [0.4, 0.5) is 0 Å². The van der Waals surface area contributed by atoms with E-state index in [0.29, 0.717) is 13.2 Å². The van der Waals surface area contributed by atoms with E-state index in [1.165, 1.54) is 128 Å². The maximum atomic E-state index is 9.37. The Hall–Kier alpha value is -1.26. The number of carboxylic acid groups (broad SMARTS) is 2. The summed E-state index contributed by atoms with van der Waals surface area (Å²) in [7, 11) is 0. The van der Waals surface area contributed by atoms with Crippen molar-refractivity contribution in [2.75, 3.05) is 32.8 Å². The van der Waals surface area contributed by atoms with Crippen LogP contribution in [-0.4, -0.2) is 55.0 Å². The van der Waals surface area contributed by atoms with Crippen molar-refractivity contribution in [2.24, 2.45) is 5.73 Å². The molecular weight excluding hydrogens is 548 g/mol. The lowest BCUT2D eigenvalue weighted by atomic mass is 10.0.